The Hall–Kier alpha value is -3.32. The summed E-state index contributed by atoms with van der Waals surface area (Å²) in [5, 5.41) is 0. The highest BCUT2D eigenvalue weighted by Gasteiger charge is 2.27. The van der Waals surface area contributed by atoms with Crippen LogP contribution >= 0.6 is 0 Å². The Balaban J connectivity index is 1.35. The van der Waals surface area contributed by atoms with E-state index in [1.807, 2.05) is 11.0 Å². The molecule has 12 heteroatoms. The molecule has 5 rings (SSSR count). The largest absolute Gasteiger partial charge is 0.477 e. The minimum atomic E-state index is -4.11. The van der Waals surface area contributed by atoms with E-state index in [1.165, 1.54) is 12.4 Å². The van der Waals surface area contributed by atoms with Crippen molar-refractivity contribution in [3.63, 3.8) is 0 Å². The van der Waals surface area contributed by atoms with Gasteiger partial charge in [-0.2, -0.15) is 0 Å². The molecule has 0 aliphatic carbocycles. The maximum atomic E-state index is 15.4. The lowest BCUT2D eigenvalue weighted by molar-refractivity contribution is 0.0556. The van der Waals surface area contributed by atoms with Crippen LogP contribution in [-0.2, 0) is 21.3 Å². The molecule has 10 nitrogen and oxygen atoms in total. The summed E-state index contributed by atoms with van der Waals surface area (Å²) < 4.78 is 56.0. The van der Waals surface area contributed by atoms with Crippen molar-refractivity contribution in [3.05, 3.63) is 60.3 Å². The quantitative estimate of drug-likeness (QED) is 0.394. The van der Waals surface area contributed by atoms with Crippen LogP contribution in [0.2, 0.25) is 0 Å². The number of hydrogen-bond acceptors (Lipinski definition) is 9. The molecule has 2 saturated heterocycles. The van der Waals surface area contributed by atoms with Gasteiger partial charge in [0.2, 0.25) is 5.88 Å². The van der Waals surface area contributed by atoms with Crippen molar-refractivity contribution < 1.29 is 22.3 Å². The van der Waals surface area contributed by atoms with Crippen LogP contribution in [0, 0.1) is 5.82 Å². The predicted molar refractivity (Wildman–Crippen MR) is 161 cm³/mol. The summed E-state index contributed by atoms with van der Waals surface area (Å²) in [6.07, 6.45) is 4.52. The molecule has 3 aromatic rings. The molecular weight excluding hydrogens is 559 g/mol. The minimum Gasteiger partial charge on any atom is -0.477 e. The number of benzene rings is 1. The second-order valence-corrected chi connectivity index (χ2v) is 12.6. The van der Waals surface area contributed by atoms with E-state index < -0.39 is 10.0 Å². The number of sulfonamides is 1. The zero-order valence-corrected chi connectivity index (χ0v) is 25.4. The van der Waals surface area contributed by atoms with Gasteiger partial charge in [0.05, 0.1) is 43.6 Å². The smallest absolute Gasteiger partial charge is 0.267 e. The second-order valence-electron chi connectivity index (χ2n) is 11.0. The van der Waals surface area contributed by atoms with Crippen LogP contribution < -0.4 is 14.4 Å². The molecule has 2 aliphatic rings. The lowest BCUT2D eigenvalue weighted by Gasteiger charge is -2.42. The fourth-order valence-electron chi connectivity index (χ4n) is 5.50. The van der Waals surface area contributed by atoms with E-state index in [1.54, 1.807) is 37.4 Å². The number of piperazine rings is 1. The second kappa shape index (κ2) is 12.9. The topological polar surface area (TPSA) is 100 Å². The van der Waals surface area contributed by atoms with E-state index in [-0.39, 0.29) is 28.9 Å². The van der Waals surface area contributed by atoms with Crippen molar-refractivity contribution in [1.29, 1.82) is 0 Å². The number of rotatable bonds is 9. The average molecular weight is 599 g/mol. The Kier molecular flexibility index (Phi) is 9.26. The van der Waals surface area contributed by atoms with Crippen molar-refractivity contribution in [2.75, 3.05) is 62.7 Å². The Morgan fingerprint density at radius 2 is 1.81 bits per heavy atom. The highest BCUT2D eigenvalue weighted by atomic mass is 32.2. The van der Waals surface area contributed by atoms with Crippen LogP contribution in [0.15, 0.2) is 53.8 Å². The van der Waals surface area contributed by atoms with Gasteiger partial charge in [-0.15, -0.1) is 0 Å². The van der Waals surface area contributed by atoms with Gasteiger partial charge in [0, 0.05) is 62.1 Å². The molecule has 0 radical (unpaired) electrons. The Labute approximate surface area is 247 Å². The standard InChI is InChI=1S/C30H39FN6O4S/c1-5-41-30-29(14-26(17-33-30)37-8-10-40-11-9-37)42(38,39)34-25-13-24(15-32-16-25)27-7-6-23(12-28(27)31)20-36-18-21(2)35(4)22(3)19-36/h6-7,12-17,21-22,34H,5,8-11,18-20H2,1-4H3/t21-,22+. The van der Waals surface area contributed by atoms with Gasteiger partial charge in [-0.25, -0.2) is 17.8 Å². The summed E-state index contributed by atoms with van der Waals surface area (Å²) in [5.74, 6) is -0.373. The normalized spacial score (nSPS) is 20.5. The van der Waals surface area contributed by atoms with Crippen LogP contribution in [-0.4, -0.2) is 93.3 Å². The van der Waals surface area contributed by atoms with Crippen molar-refractivity contribution in [2.45, 2.75) is 44.3 Å². The van der Waals surface area contributed by atoms with Crippen LogP contribution in [0.1, 0.15) is 26.3 Å². The van der Waals surface area contributed by atoms with Crippen molar-refractivity contribution in [3.8, 4) is 17.0 Å². The molecule has 2 aliphatic heterocycles. The molecule has 0 saturated carbocycles. The molecule has 226 valence electrons. The number of nitrogens with one attached hydrogen (secondary N) is 1. The maximum absolute atomic E-state index is 15.4. The summed E-state index contributed by atoms with van der Waals surface area (Å²) in [4.78, 5) is 15.1. The molecule has 2 aromatic heterocycles. The van der Waals surface area contributed by atoms with E-state index in [0.29, 0.717) is 61.7 Å². The van der Waals surface area contributed by atoms with Crippen LogP contribution in [0.5, 0.6) is 5.88 Å². The number of pyridine rings is 2. The van der Waals surface area contributed by atoms with E-state index in [9.17, 15) is 8.42 Å². The van der Waals surface area contributed by atoms with Crippen molar-refractivity contribution in [1.82, 2.24) is 19.8 Å². The zero-order valence-electron chi connectivity index (χ0n) is 24.6. The van der Waals surface area contributed by atoms with Gasteiger partial charge in [-0.1, -0.05) is 12.1 Å². The maximum Gasteiger partial charge on any atom is 0.267 e. The third kappa shape index (κ3) is 6.83. The summed E-state index contributed by atoms with van der Waals surface area (Å²) in [7, 11) is -1.97. The number of likely N-dealkylation sites (N-methyl/N-ethyl adjacent to an activating group) is 1. The third-order valence-electron chi connectivity index (χ3n) is 7.93. The monoisotopic (exact) mass is 598 g/mol. The van der Waals surface area contributed by atoms with Crippen LogP contribution in [0.4, 0.5) is 15.8 Å². The number of anilines is 2. The third-order valence-corrected chi connectivity index (χ3v) is 9.30. The van der Waals surface area contributed by atoms with Crippen molar-refractivity contribution >= 4 is 21.4 Å². The molecule has 1 N–H and O–H groups in total. The number of nitrogens with zero attached hydrogens (tertiary/aromatic N) is 5. The number of hydrogen-bond donors (Lipinski definition) is 1. The summed E-state index contributed by atoms with van der Waals surface area (Å²) in [6, 6.07) is 9.19. The highest BCUT2D eigenvalue weighted by molar-refractivity contribution is 7.92. The van der Waals surface area contributed by atoms with Gasteiger partial charge < -0.3 is 14.4 Å². The summed E-state index contributed by atoms with van der Waals surface area (Å²) in [5.41, 5.74) is 2.57. The molecule has 2 atom stereocenters. The molecule has 4 heterocycles. The van der Waals surface area contributed by atoms with Gasteiger partial charge in [0.1, 0.15) is 5.82 Å². The Morgan fingerprint density at radius 1 is 1.07 bits per heavy atom. The van der Waals surface area contributed by atoms with Gasteiger partial charge in [-0.3, -0.25) is 19.5 Å². The Morgan fingerprint density at radius 3 is 2.50 bits per heavy atom. The molecule has 1 aromatic carbocycles. The molecule has 42 heavy (non-hydrogen) atoms. The Bertz CT molecular complexity index is 1490. The van der Waals surface area contributed by atoms with Crippen molar-refractivity contribution in [2.24, 2.45) is 0 Å². The first-order chi connectivity index (χ1) is 20.1. The van der Waals surface area contributed by atoms with E-state index in [4.69, 9.17) is 9.47 Å². The first kappa shape index (κ1) is 30.1. The number of morpholine rings is 1. The van der Waals surface area contributed by atoms with Gasteiger partial charge in [-0.05, 0) is 51.6 Å². The molecule has 0 unspecified atom stereocenters. The fourth-order valence-corrected chi connectivity index (χ4v) is 6.65. The number of aromatic nitrogens is 2. The fraction of sp³-hybridized carbons (Fsp3) is 0.467. The average Bonchev–Trinajstić information content (AvgIpc) is 2.96. The summed E-state index contributed by atoms with van der Waals surface area (Å²) >= 11 is 0. The minimum absolute atomic E-state index is 0.0110. The molecular formula is C30H39FN6O4S. The van der Waals surface area contributed by atoms with E-state index in [0.717, 1.165) is 18.7 Å². The van der Waals surface area contributed by atoms with Crippen LogP contribution in [0.3, 0.4) is 0 Å². The van der Waals surface area contributed by atoms with E-state index in [2.05, 4.69) is 45.4 Å². The molecule has 0 amide bonds. The van der Waals surface area contributed by atoms with Gasteiger partial charge in [0.15, 0.2) is 4.90 Å². The van der Waals surface area contributed by atoms with Gasteiger partial charge >= 0.3 is 0 Å². The lowest BCUT2D eigenvalue weighted by atomic mass is 10.0. The SMILES string of the molecule is CCOc1ncc(N2CCOCC2)cc1S(=O)(=O)Nc1cncc(-c2ccc(CN3C[C@@H](C)N(C)[C@@H](C)C3)cc2F)c1. The lowest BCUT2D eigenvalue weighted by Crippen LogP contribution is -2.54. The highest BCUT2D eigenvalue weighted by Crippen LogP contribution is 2.31. The summed E-state index contributed by atoms with van der Waals surface area (Å²) in [6.45, 7) is 11.3. The number of ether oxygens (including phenoxy) is 2. The first-order valence-corrected chi connectivity index (χ1v) is 15.8. The number of halogens is 1. The molecule has 0 bridgehead atoms. The van der Waals surface area contributed by atoms with Gasteiger partial charge in [0.25, 0.3) is 10.0 Å². The molecule has 0 spiro atoms. The molecule has 2 fully saturated rings. The predicted octanol–water partition coefficient (Wildman–Crippen LogP) is 3.84. The first-order valence-electron chi connectivity index (χ1n) is 14.3. The van der Waals surface area contributed by atoms with E-state index >= 15 is 4.39 Å². The zero-order chi connectivity index (χ0) is 29.9. The van der Waals surface area contributed by atoms with Crippen LogP contribution in [0.25, 0.3) is 11.1 Å².